The second kappa shape index (κ2) is 5.01. The average Bonchev–Trinajstić information content (AvgIpc) is 2.49. The van der Waals surface area contributed by atoms with Crippen LogP contribution >= 0.6 is 0 Å². The van der Waals surface area contributed by atoms with Crippen LogP contribution in [0.5, 0.6) is 0 Å². The number of hydrogen-bond acceptors (Lipinski definition) is 0. The molecule has 2 rings (SSSR count). The second-order valence-corrected chi connectivity index (χ2v) is 4.30. The Hall–Kier alpha value is -1.82. The molecule has 0 aliphatic heterocycles. The number of fused-ring (bicyclic) bond motifs is 1. The molecule has 0 amide bonds. The fraction of sp³-hybridized carbons (Fsp3) is 0.176. The molecule has 1 atom stereocenters. The summed E-state index contributed by atoms with van der Waals surface area (Å²) in [6.07, 6.45) is 10.6. The number of benzene rings is 1. The Bertz CT molecular complexity index is 513. The van der Waals surface area contributed by atoms with Gasteiger partial charge in [-0.2, -0.15) is 0 Å². The molecule has 1 aliphatic rings. The van der Waals surface area contributed by atoms with Crippen molar-refractivity contribution in [2.24, 2.45) is 0 Å². The highest BCUT2D eigenvalue weighted by Crippen LogP contribution is 2.34. The summed E-state index contributed by atoms with van der Waals surface area (Å²) in [6.45, 7) is 8.22. The smallest absolute Gasteiger partial charge is 0.00727 e. The summed E-state index contributed by atoms with van der Waals surface area (Å²) in [5.41, 5.74) is 5.24. The lowest BCUT2D eigenvalue weighted by Gasteiger charge is -2.16. The maximum Gasteiger partial charge on any atom is 0.00727 e. The van der Waals surface area contributed by atoms with E-state index in [1.807, 2.05) is 6.08 Å². The highest BCUT2D eigenvalue weighted by molar-refractivity contribution is 5.64. The van der Waals surface area contributed by atoms with E-state index in [-0.39, 0.29) is 0 Å². The normalized spacial score (nSPS) is 19.3. The van der Waals surface area contributed by atoms with Gasteiger partial charge >= 0.3 is 0 Å². The fourth-order valence-corrected chi connectivity index (χ4v) is 2.36. The van der Waals surface area contributed by atoms with Crippen molar-refractivity contribution in [2.45, 2.75) is 19.8 Å². The molecule has 1 aromatic rings. The van der Waals surface area contributed by atoms with Crippen LogP contribution < -0.4 is 0 Å². The van der Waals surface area contributed by atoms with Crippen LogP contribution in [0.3, 0.4) is 0 Å². The van der Waals surface area contributed by atoms with Crippen LogP contribution in [0, 0.1) is 0 Å². The lowest BCUT2D eigenvalue weighted by Crippen LogP contribution is -1.99. The van der Waals surface area contributed by atoms with Crippen LogP contribution in [0.25, 0.3) is 6.08 Å². The van der Waals surface area contributed by atoms with Gasteiger partial charge in [0.25, 0.3) is 0 Å². The molecule has 1 aromatic carbocycles. The summed E-state index contributed by atoms with van der Waals surface area (Å²) in [5.74, 6) is 0.408. The summed E-state index contributed by atoms with van der Waals surface area (Å²) in [4.78, 5) is 0. The Labute approximate surface area is 104 Å². The molecular weight excluding hydrogens is 204 g/mol. The summed E-state index contributed by atoms with van der Waals surface area (Å²) in [6, 6.07) is 8.57. The summed E-state index contributed by atoms with van der Waals surface area (Å²) in [5, 5.41) is 0. The van der Waals surface area contributed by atoms with Gasteiger partial charge in [-0.3, -0.25) is 0 Å². The average molecular weight is 222 g/mol. The van der Waals surface area contributed by atoms with Gasteiger partial charge in [-0.15, -0.1) is 0 Å². The summed E-state index contributed by atoms with van der Waals surface area (Å²) >= 11 is 0. The molecule has 0 radical (unpaired) electrons. The largest absolute Gasteiger partial charge is 0.0985 e. The van der Waals surface area contributed by atoms with Crippen molar-refractivity contribution in [1.82, 2.24) is 0 Å². The lowest BCUT2D eigenvalue weighted by atomic mass is 9.88. The zero-order chi connectivity index (χ0) is 12.3. The SMILES string of the molecule is C=CC1=C(/C=C\C)C(C)c2ccccc2C=C1. The molecule has 0 saturated carbocycles. The van der Waals surface area contributed by atoms with Gasteiger partial charge in [-0.05, 0) is 29.2 Å². The Morgan fingerprint density at radius 2 is 1.94 bits per heavy atom. The van der Waals surface area contributed by atoms with Crippen LogP contribution in [0.4, 0.5) is 0 Å². The monoisotopic (exact) mass is 222 g/mol. The lowest BCUT2D eigenvalue weighted by molar-refractivity contribution is 0.915. The third-order valence-corrected chi connectivity index (χ3v) is 3.27. The van der Waals surface area contributed by atoms with Crippen molar-refractivity contribution in [2.75, 3.05) is 0 Å². The van der Waals surface area contributed by atoms with Gasteiger partial charge in [0, 0.05) is 5.92 Å². The van der Waals surface area contributed by atoms with Crippen LogP contribution in [0.2, 0.25) is 0 Å². The number of rotatable bonds is 2. The number of allylic oxidation sites excluding steroid dienone is 6. The zero-order valence-electron chi connectivity index (χ0n) is 10.5. The Kier molecular flexibility index (Phi) is 3.43. The third kappa shape index (κ3) is 2.16. The first-order valence-corrected chi connectivity index (χ1v) is 6.04. The summed E-state index contributed by atoms with van der Waals surface area (Å²) in [7, 11) is 0. The topological polar surface area (TPSA) is 0 Å². The molecule has 0 heteroatoms. The highest BCUT2D eigenvalue weighted by Gasteiger charge is 2.16. The van der Waals surface area contributed by atoms with E-state index in [9.17, 15) is 0 Å². The first kappa shape index (κ1) is 11.7. The third-order valence-electron chi connectivity index (χ3n) is 3.27. The van der Waals surface area contributed by atoms with E-state index in [1.165, 1.54) is 22.3 Å². The zero-order valence-corrected chi connectivity index (χ0v) is 10.5. The van der Waals surface area contributed by atoms with Gasteiger partial charge in [0.2, 0.25) is 0 Å². The van der Waals surface area contributed by atoms with Crippen molar-refractivity contribution in [3.05, 3.63) is 77.4 Å². The van der Waals surface area contributed by atoms with Crippen LogP contribution in [-0.2, 0) is 0 Å². The number of hydrogen-bond donors (Lipinski definition) is 0. The van der Waals surface area contributed by atoms with E-state index in [1.54, 1.807) is 0 Å². The molecule has 86 valence electrons. The molecule has 17 heavy (non-hydrogen) atoms. The molecule has 1 unspecified atom stereocenters. The van der Waals surface area contributed by atoms with Crippen molar-refractivity contribution in [1.29, 1.82) is 0 Å². The molecule has 0 N–H and O–H groups in total. The molecule has 0 fully saturated rings. The van der Waals surface area contributed by atoms with E-state index < -0.39 is 0 Å². The van der Waals surface area contributed by atoms with Gasteiger partial charge in [0.05, 0.1) is 0 Å². The van der Waals surface area contributed by atoms with E-state index in [0.717, 1.165) is 0 Å². The quantitative estimate of drug-likeness (QED) is 0.669. The molecule has 0 heterocycles. The Balaban J connectivity index is 2.62. The molecule has 0 saturated heterocycles. The maximum absolute atomic E-state index is 3.91. The predicted molar refractivity (Wildman–Crippen MR) is 75.9 cm³/mol. The van der Waals surface area contributed by atoms with Gasteiger partial charge < -0.3 is 0 Å². The van der Waals surface area contributed by atoms with Crippen LogP contribution in [0.15, 0.2) is 66.3 Å². The Morgan fingerprint density at radius 3 is 2.65 bits per heavy atom. The molecule has 0 aromatic heterocycles. The first-order chi connectivity index (χ1) is 8.27. The van der Waals surface area contributed by atoms with Crippen molar-refractivity contribution in [3.63, 3.8) is 0 Å². The molecular formula is C17H18. The van der Waals surface area contributed by atoms with Crippen LogP contribution in [0.1, 0.15) is 30.9 Å². The fourth-order valence-electron chi connectivity index (χ4n) is 2.36. The van der Waals surface area contributed by atoms with E-state index in [2.05, 4.69) is 69.0 Å². The molecule has 0 nitrogen and oxygen atoms in total. The molecule has 1 aliphatic carbocycles. The van der Waals surface area contributed by atoms with Gasteiger partial charge in [0.1, 0.15) is 0 Å². The second-order valence-electron chi connectivity index (χ2n) is 4.30. The molecule has 0 bridgehead atoms. The highest BCUT2D eigenvalue weighted by atomic mass is 14.2. The van der Waals surface area contributed by atoms with Crippen molar-refractivity contribution >= 4 is 6.08 Å². The van der Waals surface area contributed by atoms with E-state index >= 15 is 0 Å². The first-order valence-electron chi connectivity index (χ1n) is 6.04. The van der Waals surface area contributed by atoms with E-state index in [0.29, 0.717) is 5.92 Å². The van der Waals surface area contributed by atoms with Crippen molar-refractivity contribution < 1.29 is 0 Å². The Morgan fingerprint density at radius 1 is 1.18 bits per heavy atom. The molecule has 0 spiro atoms. The van der Waals surface area contributed by atoms with Gasteiger partial charge in [-0.25, -0.2) is 0 Å². The standard InChI is InChI=1S/C17H18/c1-4-8-16-13(3)17-10-7-6-9-15(17)12-11-14(16)5-2/h4-13H,2H2,1,3H3/b8-4-. The minimum atomic E-state index is 0.408. The maximum atomic E-state index is 3.91. The van der Waals surface area contributed by atoms with E-state index in [4.69, 9.17) is 0 Å². The summed E-state index contributed by atoms with van der Waals surface area (Å²) < 4.78 is 0. The van der Waals surface area contributed by atoms with Crippen molar-refractivity contribution in [3.8, 4) is 0 Å². The van der Waals surface area contributed by atoms with Crippen LogP contribution in [-0.4, -0.2) is 0 Å². The minimum absolute atomic E-state index is 0.408. The van der Waals surface area contributed by atoms with Gasteiger partial charge in [0.15, 0.2) is 0 Å². The minimum Gasteiger partial charge on any atom is -0.0985 e. The van der Waals surface area contributed by atoms with Gasteiger partial charge in [-0.1, -0.05) is 68.1 Å². The predicted octanol–water partition coefficient (Wildman–Crippen LogP) is 4.88.